The van der Waals surface area contributed by atoms with Crippen molar-refractivity contribution in [3.05, 3.63) is 53.9 Å². The van der Waals surface area contributed by atoms with E-state index in [1.807, 2.05) is 36.1 Å². The van der Waals surface area contributed by atoms with Crippen molar-refractivity contribution in [3.63, 3.8) is 0 Å². The number of ether oxygens (including phenoxy) is 2. The maximum Gasteiger partial charge on any atom is 0.272 e. The Morgan fingerprint density at radius 2 is 1.85 bits per heavy atom. The fourth-order valence-corrected chi connectivity index (χ4v) is 3.51. The highest BCUT2D eigenvalue weighted by atomic mass is 16.7. The Kier molecular flexibility index (Phi) is 4.61. The molecular formula is C20H23N3O3. The highest BCUT2D eigenvalue weighted by molar-refractivity contribution is 5.93. The lowest BCUT2D eigenvalue weighted by Crippen LogP contribution is -2.47. The number of aryl methyl sites for hydroxylation is 1. The van der Waals surface area contributed by atoms with E-state index in [1.54, 1.807) is 12.3 Å². The van der Waals surface area contributed by atoms with Gasteiger partial charge in [-0.3, -0.25) is 9.78 Å². The number of anilines is 2. The van der Waals surface area contributed by atoms with E-state index in [0.717, 1.165) is 11.4 Å². The van der Waals surface area contributed by atoms with E-state index in [0.29, 0.717) is 44.8 Å². The van der Waals surface area contributed by atoms with Crippen LogP contribution in [0.4, 0.5) is 11.4 Å². The maximum atomic E-state index is 12.8. The van der Waals surface area contributed by atoms with E-state index in [-0.39, 0.29) is 5.91 Å². The Bertz CT molecular complexity index is 792. The van der Waals surface area contributed by atoms with E-state index in [9.17, 15) is 4.79 Å². The Labute approximate surface area is 153 Å². The number of piperidine rings is 1. The first kappa shape index (κ1) is 17.0. The van der Waals surface area contributed by atoms with Gasteiger partial charge in [0.2, 0.25) is 0 Å². The summed E-state index contributed by atoms with van der Waals surface area (Å²) in [5, 5.41) is 3.33. The largest absolute Gasteiger partial charge is 0.355 e. The van der Waals surface area contributed by atoms with Crippen LogP contribution in [0.25, 0.3) is 0 Å². The molecule has 26 heavy (non-hydrogen) atoms. The van der Waals surface area contributed by atoms with Gasteiger partial charge in [0, 0.05) is 43.5 Å². The second-order valence-corrected chi connectivity index (χ2v) is 6.82. The van der Waals surface area contributed by atoms with E-state index in [1.165, 1.54) is 5.56 Å². The number of pyridine rings is 1. The molecule has 4 rings (SSSR count). The molecule has 1 aromatic carbocycles. The molecule has 2 aromatic rings. The van der Waals surface area contributed by atoms with Gasteiger partial charge >= 0.3 is 0 Å². The summed E-state index contributed by atoms with van der Waals surface area (Å²) in [5.41, 5.74) is 3.47. The van der Waals surface area contributed by atoms with Crippen LogP contribution in [-0.4, -0.2) is 47.9 Å². The van der Waals surface area contributed by atoms with Gasteiger partial charge in [-0.1, -0.05) is 12.1 Å². The number of hydrogen-bond acceptors (Lipinski definition) is 5. The summed E-state index contributed by atoms with van der Waals surface area (Å²) in [6.07, 6.45) is 3.08. The smallest absolute Gasteiger partial charge is 0.272 e. The summed E-state index contributed by atoms with van der Waals surface area (Å²) in [6.45, 7) is 4.57. The summed E-state index contributed by atoms with van der Waals surface area (Å²) < 4.78 is 11.4. The predicted molar refractivity (Wildman–Crippen MR) is 98.5 cm³/mol. The highest BCUT2D eigenvalue weighted by Gasteiger charge is 2.41. The number of carbonyl (C=O) groups is 1. The van der Waals surface area contributed by atoms with Gasteiger partial charge in [0.05, 0.1) is 13.2 Å². The third-order valence-corrected chi connectivity index (χ3v) is 4.91. The lowest BCUT2D eigenvalue weighted by molar-refractivity contribution is -0.181. The van der Waals surface area contributed by atoms with E-state index in [4.69, 9.17) is 9.47 Å². The first-order chi connectivity index (χ1) is 12.6. The zero-order valence-corrected chi connectivity index (χ0v) is 14.9. The number of benzene rings is 1. The average Bonchev–Trinajstić information content (AvgIpc) is 3.10. The minimum atomic E-state index is -0.473. The Hall–Kier alpha value is -2.44. The summed E-state index contributed by atoms with van der Waals surface area (Å²) in [7, 11) is 0. The van der Waals surface area contributed by atoms with Crippen LogP contribution in [0.1, 0.15) is 28.9 Å². The lowest BCUT2D eigenvalue weighted by atomic mass is 10.0. The predicted octanol–water partition coefficient (Wildman–Crippen LogP) is 3.11. The molecular weight excluding hydrogens is 330 g/mol. The molecule has 136 valence electrons. The van der Waals surface area contributed by atoms with Gasteiger partial charge in [-0.05, 0) is 36.8 Å². The molecule has 2 saturated heterocycles. The average molecular weight is 353 g/mol. The number of carbonyl (C=O) groups excluding carboxylic acids is 1. The molecule has 1 N–H and O–H groups in total. The summed E-state index contributed by atoms with van der Waals surface area (Å²) in [6, 6.07) is 11.8. The number of amides is 1. The summed E-state index contributed by atoms with van der Waals surface area (Å²) >= 11 is 0. The number of aromatic nitrogens is 1. The molecule has 0 radical (unpaired) electrons. The zero-order chi connectivity index (χ0) is 18.0. The van der Waals surface area contributed by atoms with Crippen molar-refractivity contribution in [2.75, 3.05) is 31.6 Å². The molecule has 1 amide bonds. The molecule has 0 saturated carbocycles. The van der Waals surface area contributed by atoms with Crippen LogP contribution in [0.5, 0.6) is 0 Å². The number of hydrogen-bond donors (Lipinski definition) is 1. The minimum Gasteiger partial charge on any atom is -0.355 e. The second-order valence-electron chi connectivity index (χ2n) is 6.82. The summed E-state index contributed by atoms with van der Waals surface area (Å²) in [4.78, 5) is 18.9. The van der Waals surface area contributed by atoms with E-state index in [2.05, 4.69) is 16.4 Å². The molecule has 6 heteroatoms. The lowest BCUT2D eigenvalue weighted by Gasteiger charge is -2.37. The van der Waals surface area contributed by atoms with Crippen molar-refractivity contribution in [2.45, 2.75) is 25.6 Å². The molecule has 0 unspecified atom stereocenters. The quantitative estimate of drug-likeness (QED) is 0.919. The number of likely N-dealkylation sites (tertiary alicyclic amines) is 1. The van der Waals surface area contributed by atoms with E-state index < -0.39 is 5.79 Å². The van der Waals surface area contributed by atoms with Crippen LogP contribution in [0, 0.1) is 6.92 Å². The standard InChI is InChI=1S/C20H23N3O3/c1-15-3-2-4-16(13-15)22-17-5-8-21-18(14-17)19(24)23-9-6-20(7-10-23)25-11-12-26-20/h2-5,8,13-14H,6-7,9-12H2,1H3,(H,21,22). The molecule has 0 bridgehead atoms. The number of nitrogens with zero attached hydrogens (tertiary/aromatic N) is 2. The van der Waals surface area contributed by atoms with Gasteiger partial charge in [0.1, 0.15) is 5.69 Å². The molecule has 0 atom stereocenters. The van der Waals surface area contributed by atoms with Crippen molar-refractivity contribution in [3.8, 4) is 0 Å². The van der Waals surface area contributed by atoms with Crippen molar-refractivity contribution in [2.24, 2.45) is 0 Å². The Balaban J connectivity index is 1.43. The van der Waals surface area contributed by atoms with Crippen LogP contribution in [0.3, 0.4) is 0 Å². The number of nitrogens with one attached hydrogen (secondary N) is 1. The second kappa shape index (κ2) is 7.05. The molecule has 2 fully saturated rings. The highest BCUT2D eigenvalue weighted by Crippen LogP contribution is 2.31. The topological polar surface area (TPSA) is 63.7 Å². The molecule has 1 spiro atoms. The van der Waals surface area contributed by atoms with Crippen LogP contribution in [0.2, 0.25) is 0 Å². The van der Waals surface area contributed by atoms with Crippen LogP contribution in [0.15, 0.2) is 42.6 Å². The van der Waals surface area contributed by atoms with Crippen molar-refractivity contribution < 1.29 is 14.3 Å². The van der Waals surface area contributed by atoms with Gasteiger partial charge in [0.25, 0.3) is 5.91 Å². The van der Waals surface area contributed by atoms with E-state index >= 15 is 0 Å². The maximum absolute atomic E-state index is 12.8. The van der Waals surface area contributed by atoms with Gasteiger partial charge in [-0.25, -0.2) is 0 Å². The third-order valence-electron chi connectivity index (χ3n) is 4.91. The molecule has 2 aliphatic rings. The van der Waals surface area contributed by atoms with Gasteiger partial charge in [-0.2, -0.15) is 0 Å². The Morgan fingerprint density at radius 3 is 2.58 bits per heavy atom. The van der Waals surface area contributed by atoms with Crippen molar-refractivity contribution in [1.82, 2.24) is 9.88 Å². The molecule has 0 aliphatic carbocycles. The van der Waals surface area contributed by atoms with Crippen LogP contribution >= 0.6 is 0 Å². The van der Waals surface area contributed by atoms with Crippen molar-refractivity contribution in [1.29, 1.82) is 0 Å². The van der Waals surface area contributed by atoms with Gasteiger partial charge < -0.3 is 19.7 Å². The zero-order valence-electron chi connectivity index (χ0n) is 14.9. The Morgan fingerprint density at radius 1 is 1.12 bits per heavy atom. The van der Waals surface area contributed by atoms with Gasteiger partial charge in [-0.15, -0.1) is 0 Å². The molecule has 2 aliphatic heterocycles. The van der Waals surface area contributed by atoms with Crippen LogP contribution < -0.4 is 5.32 Å². The SMILES string of the molecule is Cc1cccc(Nc2ccnc(C(=O)N3CCC4(CC3)OCCO4)c2)c1. The molecule has 1 aromatic heterocycles. The fraction of sp³-hybridized carbons (Fsp3) is 0.400. The first-order valence-electron chi connectivity index (χ1n) is 9.01. The van der Waals surface area contributed by atoms with Crippen LogP contribution in [-0.2, 0) is 9.47 Å². The first-order valence-corrected chi connectivity index (χ1v) is 9.01. The monoisotopic (exact) mass is 353 g/mol. The molecule has 6 nitrogen and oxygen atoms in total. The third kappa shape index (κ3) is 3.57. The fourth-order valence-electron chi connectivity index (χ4n) is 3.51. The number of rotatable bonds is 3. The van der Waals surface area contributed by atoms with Gasteiger partial charge in [0.15, 0.2) is 5.79 Å². The van der Waals surface area contributed by atoms with Crippen molar-refractivity contribution >= 4 is 17.3 Å². The normalized spacial score (nSPS) is 18.9. The minimum absolute atomic E-state index is 0.0502. The summed E-state index contributed by atoms with van der Waals surface area (Å²) in [5.74, 6) is -0.524. The molecule has 3 heterocycles.